The molecule has 0 bridgehead atoms. The lowest BCUT2D eigenvalue weighted by molar-refractivity contribution is -0.114. The van der Waals surface area contributed by atoms with Gasteiger partial charge in [-0.05, 0) is 42.5 Å². The molecule has 1 aromatic heterocycles. The molecule has 10 heteroatoms. The smallest absolute Gasteiger partial charge is 0.261 e. The molecule has 0 saturated carbocycles. The van der Waals surface area contributed by atoms with Gasteiger partial charge in [0.25, 0.3) is 5.91 Å². The quantitative estimate of drug-likeness (QED) is 0.533. The molecule has 2 aromatic carbocycles. The Kier molecular flexibility index (Phi) is 6.25. The van der Waals surface area contributed by atoms with Crippen molar-refractivity contribution in [1.82, 2.24) is 10.3 Å². The van der Waals surface area contributed by atoms with Gasteiger partial charge in [-0.2, -0.15) is 0 Å². The first-order valence-corrected chi connectivity index (χ1v) is 9.64. The number of rotatable bonds is 5. The van der Waals surface area contributed by atoms with E-state index in [0.29, 0.717) is 27.9 Å². The lowest BCUT2D eigenvalue weighted by Gasteiger charge is -2.11. The number of fused-ring (bicyclic) bond motifs is 1. The fraction of sp³-hybridized carbons (Fsp3) is 0.158. The molecule has 3 aromatic rings. The summed E-state index contributed by atoms with van der Waals surface area (Å²) >= 11 is 6.58. The van der Waals surface area contributed by atoms with Crippen molar-refractivity contribution < 1.29 is 19.1 Å². The van der Waals surface area contributed by atoms with Crippen molar-refractivity contribution in [3.8, 4) is 11.5 Å². The summed E-state index contributed by atoms with van der Waals surface area (Å²) in [6.45, 7) is 1.45. The molecule has 3 N–H and O–H groups in total. The highest BCUT2D eigenvalue weighted by atomic mass is 32.1. The van der Waals surface area contributed by atoms with Crippen molar-refractivity contribution in [2.75, 3.05) is 24.9 Å². The van der Waals surface area contributed by atoms with Crippen molar-refractivity contribution >= 4 is 61.5 Å². The number of hydrogen-bond acceptors (Lipinski definition) is 7. The van der Waals surface area contributed by atoms with Gasteiger partial charge in [-0.15, -0.1) is 0 Å². The van der Waals surface area contributed by atoms with Crippen molar-refractivity contribution in [1.29, 1.82) is 0 Å². The summed E-state index contributed by atoms with van der Waals surface area (Å²) in [5.41, 5.74) is 1.75. The molecule has 150 valence electrons. The largest absolute Gasteiger partial charge is 0.497 e. The molecule has 0 fully saturated rings. The van der Waals surface area contributed by atoms with E-state index >= 15 is 0 Å². The van der Waals surface area contributed by atoms with Crippen LogP contribution in [0.15, 0.2) is 36.4 Å². The van der Waals surface area contributed by atoms with E-state index in [9.17, 15) is 9.59 Å². The number of benzene rings is 2. The number of nitrogens with one attached hydrogen (secondary N) is 3. The molecule has 0 radical (unpaired) electrons. The zero-order valence-corrected chi connectivity index (χ0v) is 17.5. The molecule has 0 aliphatic heterocycles. The Morgan fingerprint density at radius 1 is 1.07 bits per heavy atom. The summed E-state index contributed by atoms with van der Waals surface area (Å²) in [6.07, 6.45) is 0. The highest BCUT2D eigenvalue weighted by Gasteiger charge is 2.15. The van der Waals surface area contributed by atoms with Crippen molar-refractivity contribution in [3.05, 3.63) is 42.0 Å². The Bertz CT molecular complexity index is 1100. The predicted molar refractivity (Wildman–Crippen MR) is 117 cm³/mol. The summed E-state index contributed by atoms with van der Waals surface area (Å²) < 4.78 is 11.2. The van der Waals surface area contributed by atoms with Gasteiger partial charge in [0, 0.05) is 18.7 Å². The maximum atomic E-state index is 12.5. The first-order valence-electron chi connectivity index (χ1n) is 8.42. The average Bonchev–Trinajstić information content (AvgIpc) is 3.07. The topological polar surface area (TPSA) is 102 Å². The van der Waals surface area contributed by atoms with Gasteiger partial charge in [-0.3, -0.25) is 14.9 Å². The number of carbonyl (C=O) groups excluding carboxylic acids is 2. The molecule has 3 rings (SSSR count). The fourth-order valence-electron chi connectivity index (χ4n) is 2.54. The predicted octanol–water partition coefficient (Wildman–Crippen LogP) is 3.40. The molecule has 0 saturated heterocycles. The number of methoxy groups -OCH3 is 2. The standard InChI is InChI=1S/C19H18N4O4S2/c1-10(24)20-11-4-7-14-16(8-11)29-19(21-14)23-18(28)22-17(25)13-6-5-12(26-2)9-15(13)27-3/h4-9H,1-3H3,(H,20,24)(H2,21,22,23,25,28). The summed E-state index contributed by atoms with van der Waals surface area (Å²) in [5, 5.41) is 8.87. The summed E-state index contributed by atoms with van der Waals surface area (Å²) in [4.78, 5) is 28.1. The maximum Gasteiger partial charge on any atom is 0.261 e. The van der Waals surface area contributed by atoms with Gasteiger partial charge in [-0.1, -0.05) is 11.3 Å². The number of hydrogen-bond donors (Lipinski definition) is 3. The Morgan fingerprint density at radius 2 is 1.86 bits per heavy atom. The van der Waals surface area contributed by atoms with Crippen LogP contribution in [0.4, 0.5) is 10.8 Å². The normalized spacial score (nSPS) is 10.3. The van der Waals surface area contributed by atoms with Crippen LogP contribution in [-0.4, -0.2) is 36.1 Å². The summed E-state index contributed by atoms with van der Waals surface area (Å²) in [5.74, 6) is 0.378. The highest BCUT2D eigenvalue weighted by molar-refractivity contribution is 7.80. The molecule has 0 atom stereocenters. The SMILES string of the molecule is COc1ccc(C(=O)NC(=S)Nc2nc3ccc(NC(C)=O)cc3s2)c(OC)c1. The number of anilines is 2. The molecule has 2 amide bonds. The zero-order valence-electron chi connectivity index (χ0n) is 15.9. The van der Waals surface area contributed by atoms with E-state index < -0.39 is 5.91 Å². The van der Waals surface area contributed by atoms with Gasteiger partial charge >= 0.3 is 0 Å². The zero-order chi connectivity index (χ0) is 21.0. The molecular weight excluding hydrogens is 412 g/mol. The van der Waals surface area contributed by atoms with Crippen LogP contribution >= 0.6 is 23.6 Å². The number of amides is 2. The van der Waals surface area contributed by atoms with E-state index in [-0.39, 0.29) is 11.0 Å². The molecule has 0 aliphatic carbocycles. The van der Waals surface area contributed by atoms with E-state index in [0.717, 1.165) is 10.2 Å². The second-order valence-corrected chi connectivity index (χ2v) is 7.30. The Hall–Kier alpha value is -3.24. The monoisotopic (exact) mass is 430 g/mol. The lowest BCUT2D eigenvalue weighted by atomic mass is 10.2. The van der Waals surface area contributed by atoms with E-state index in [1.54, 1.807) is 30.3 Å². The van der Waals surface area contributed by atoms with Crippen LogP contribution in [0.3, 0.4) is 0 Å². The van der Waals surface area contributed by atoms with Gasteiger partial charge in [0.15, 0.2) is 10.2 Å². The van der Waals surface area contributed by atoms with Crippen molar-refractivity contribution in [2.45, 2.75) is 6.92 Å². The van der Waals surface area contributed by atoms with Crippen LogP contribution in [0, 0.1) is 0 Å². The third-order valence-electron chi connectivity index (χ3n) is 3.81. The number of thiazole rings is 1. The third kappa shape index (κ3) is 4.98. The van der Waals surface area contributed by atoms with E-state index in [4.69, 9.17) is 21.7 Å². The minimum Gasteiger partial charge on any atom is -0.497 e. The van der Waals surface area contributed by atoms with Crippen LogP contribution < -0.4 is 25.4 Å². The van der Waals surface area contributed by atoms with E-state index in [1.165, 1.54) is 32.5 Å². The molecular formula is C19H18N4O4S2. The Morgan fingerprint density at radius 3 is 2.55 bits per heavy atom. The number of nitrogens with zero attached hydrogens (tertiary/aromatic N) is 1. The highest BCUT2D eigenvalue weighted by Crippen LogP contribution is 2.28. The summed E-state index contributed by atoms with van der Waals surface area (Å²) in [6, 6.07) is 10.3. The van der Waals surface area contributed by atoms with Crippen LogP contribution in [0.2, 0.25) is 0 Å². The maximum absolute atomic E-state index is 12.5. The molecule has 1 heterocycles. The summed E-state index contributed by atoms with van der Waals surface area (Å²) in [7, 11) is 3.00. The number of ether oxygens (including phenoxy) is 2. The van der Waals surface area contributed by atoms with Crippen LogP contribution in [0.5, 0.6) is 11.5 Å². The van der Waals surface area contributed by atoms with Gasteiger partial charge < -0.3 is 20.1 Å². The van der Waals surface area contributed by atoms with Crippen molar-refractivity contribution in [3.63, 3.8) is 0 Å². The first kappa shape index (κ1) is 20.5. The second-order valence-electron chi connectivity index (χ2n) is 5.86. The fourth-order valence-corrected chi connectivity index (χ4v) is 3.71. The van der Waals surface area contributed by atoms with E-state index in [2.05, 4.69) is 20.9 Å². The van der Waals surface area contributed by atoms with Gasteiger partial charge in [-0.25, -0.2) is 4.98 Å². The molecule has 0 unspecified atom stereocenters. The molecule has 8 nitrogen and oxygen atoms in total. The minimum absolute atomic E-state index is 0.106. The van der Waals surface area contributed by atoms with Crippen LogP contribution in [-0.2, 0) is 4.79 Å². The number of carbonyl (C=O) groups is 2. The molecule has 29 heavy (non-hydrogen) atoms. The third-order valence-corrected chi connectivity index (χ3v) is 4.95. The Balaban J connectivity index is 1.70. The van der Waals surface area contributed by atoms with Gasteiger partial charge in [0.2, 0.25) is 5.91 Å². The van der Waals surface area contributed by atoms with Crippen molar-refractivity contribution in [2.24, 2.45) is 0 Å². The van der Waals surface area contributed by atoms with Gasteiger partial charge in [0.1, 0.15) is 11.5 Å². The number of thiocarbonyl (C=S) groups is 1. The molecule has 0 aliphatic rings. The van der Waals surface area contributed by atoms with Crippen LogP contribution in [0.1, 0.15) is 17.3 Å². The molecule has 0 spiro atoms. The van der Waals surface area contributed by atoms with Gasteiger partial charge in [0.05, 0.1) is 30.0 Å². The lowest BCUT2D eigenvalue weighted by Crippen LogP contribution is -2.34. The van der Waals surface area contributed by atoms with Crippen LogP contribution in [0.25, 0.3) is 10.2 Å². The number of aromatic nitrogens is 1. The Labute approximate surface area is 176 Å². The first-order chi connectivity index (χ1) is 13.9. The minimum atomic E-state index is -0.420. The average molecular weight is 431 g/mol. The second kappa shape index (κ2) is 8.84. The van der Waals surface area contributed by atoms with E-state index in [1.807, 2.05) is 6.07 Å².